The highest BCUT2D eigenvalue weighted by molar-refractivity contribution is 5.76. The molecule has 0 saturated carbocycles. The van der Waals surface area contributed by atoms with E-state index in [1.807, 2.05) is 43.5 Å². The second kappa shape index (κ2) is 7.63. The monoisotopic (exact) mass is 232 g/mol. The van der Waals surface area contributed by atoms with Crippen molar-refractivity contribution >= 4 is 5.91 Å². The van der Waals surface area contributed by atoms with E-state index in [-0.39, 0.29) is 5.91 Å². The Labute approximate surface area is 103 Å². The van der Waals surface area contributed by atoms with E-state index in [0.29, 0.717) is 13.0 Å². The Morgan fingerprint density at radius 2 is 2.12 bits per heavy atom. The molecule has 0 aliphatic carbocycles. The molecule has 1 aromatic rings. The zero-order valence-electron chi connectivity index (χ0n) is 10.4. The van der Waals surface area contributed by atoms with Gasteiger partial charge in [-0.25, -0.2) is 0 Å². The molecule has 1 aromatic carbocycles. The second-order valence-corrected chi connectivity index (χ2v) is 4.06. The summed E-state index contributed by atoms with van der Waals surface area (Å²) >= 11 is 0. The molecule has 0 spiro atoms. The molecule has 0 unspecified atom stereocenters. The van der Waals surface area contributed by atoms with E-state index < -0.39 is 0 Å². The Morgan fingerprint density at radius 3 is 2.76 bits per heavy atom. The molecule has 0 heterocycles. The average molecular weight is 232 g/mol. The van der Waals surface area contributed by atoms with Crippen LogP contribution in [0.1, 0.15) is 12.0 Å². The molecule has 1 amide bonds. The zero-order chi connectivity index (χ0) is 12.5. The van der Waals surface area contributed by atoms with Gasteiger partial charge >= 0.3 is 0 Å². The lowest BCUT2D eigenvalue weighted by Gasteiger charge is -2.13. The molecule has 17 heavy (non-hydrogen) atoms. The molecular weight excluding hydrogens is 212 g/mol. The summed E-state index contributed by atoms with van der Waals surface area (Å²) in [4.78, 5) is 13.6. The van der Waals surface area contributed by atoms with Crippen LogP contribution in [0.3, 0.4) is 0 Å². The second-order valence-electron chi connectivity index (χ2n) is 4.06. The molecule has 0 atom stereocenters. The van der Waals surface area contributed by atoms with Gasteiger partial charge < -0.3 is 10.2 Å². The van der Waals surface area contributed by atoms with Crippen LogP contribution < -0.4 is 5.32 Å². The zero-order valence-corrected chi connectivity index (χ0v) is 10.4. The van der Waals surface area contributed by atoms with Crippen LogP contribution in [0, 0.1) is 0 Å². The Kier molecular flexibility index (Phi) is 6.04. The highest BCUT2D eigenvalue weighted by atomic mass is 16.1. The molecule has 0 radical (unpaired) electrons. The standard InChI is InChI=1S/C14H20N2O/c1-3-10-16(2)11-9-14(17)15-12-13-7-5-4-6-8-13/h3-8H,1,9-12H2,2H3,(H,15,17). The molecule has 0 bridgehead atoms. The van der Waals surface area contributed by atoms with Gasteiger partial charge in [-0.05, 0) is 12.6 Å². The van der Waals surface area contributed by atoms with Crippen LogP contribution in [0.4, 0.5) is 0 Å². The van der Waals surface area contributed by atoms with Gasteiger partial charge in [0.15, 0.2) is 0 Å². The molecule has 0 saturated heterocycles. The summed E-state index contributed by atoms with van der Waals surface area (Å²) in [6.45, 7) is 5.83. The minimum atomic E-state index is 0.0877. The topological polar surface area (TPSA) is 32.3 Å². The van der Waals surface area contributed by atoms with Crippen molar-refractivity contribution in [1.29, 1.82) is 0 Å². The Bertz CT molecular complexity index is 348. The summed E-state index contributed by atoms with van der Waals surface area (Å²) in [7, 11) is 1.98. The number of likely N-dealkylation sites (N-methyl/N-ethyl adjacent to an activating group) is 1. The van der Waals surface area contributed by atoms with Gasteiger partial charge in [0.2, 0.25) is 5.91 Å². The Balaban J connectivity index is 2.19. The van der Waals surface area contributed by atoms with Gasteiger partial charge in [0.1, 0.15) is 0 Å². The average Bonchev–Trinajstić information content (AvgIpc) is 2.35. The molecular formula is C14H20N2O. The number of hydrogen-bond donors (Lipinski definition) is 1. The smallest absolute Gasteiger partial charge is 0.221 e. The van der Waals surface area contributed by atoms with E-state index >= 15 is 0 Å². The maximum absolute atomic E-state index is 11.6. The molecule has 92 valence electrons. The summed E-state index contributed by atoms with van der Waals surface area (Å²) < 4.78 is 0. The van der Waals surface area contributed by atoms with E-state index in [1.54, 1.807) is 0 Å². The molecule has 3 heteroatoms. The van der Waals surface area contributed by atoms with Crippen LogP contribution in [-0.2, 0) is 11.3 Å². The van der Waals surface area contributed by atoms with Crippen LogP contribution >= 0.6 is 0 Å². The molecule has 1 rings (SSSR count). The van der Waals surface area contributed by atoms with Crippen molar-refractivity contribution in [2.45, 2.75) is 13.0 Å². The van der Waals surface area contributed by atoms with Crippen LogP contribution in [0.25, 0.3) is 0 Å². The SMILES string of the molecule is C=CCN(C)CCC(=O)NCc1ccccc1. The third-order valence-electron chi connectivity index (χ3n) is 2.49. The van der Waals surface area contributed by atoms with Gasteiger partial charge in [-0.3, -0.25) is 4.79 Å². The van der Waals surface area contributed by atoms with Crippen molar-refractivity contribution in [2.75, 3.05) is 20.1 Å². The van der Waals surface area contributed by atoms with E-state index in [1.165, 1.54) is 0 Å². The molecule has 0 aliphatic rings. The summed E-state index contributed by atoms with van der Waals surface area (Å²) in [6, 6.07) is 9.92. The van der Waals surface area contributed by atoms with Crippen LogP contribution in [0.15, 0.2) is 43.0 Å². The first kappa shape index (κ1) is 13.5. The lowest BCUT2D eigenvalue weighted by Crippen LogP contribution is -2.28. The highest BCUT2D eigenvalue weighted by Crippen LogP contribution is 1.97. The fourth-order valence-electron chi connectivity index (χ4n) is 1.49. The number of nitrogens with zero attached hydrogens (tertiary/aromatic N) is 1. The van der Waals surface area contributed by atoms with Crippen molar-refractivity contribution in [3.8, 4) is 0 Å². The van der Waals surface area contributed by atoms with Crippen molar-refractivity contribution < 1.29 is 4.79 Å². The first-order chi connectivity index (χ1) is 8.22. The van der Waals surface area contributed by atoms with E-state index in [4.69, 9.17) is 0 Å². The minimum Gasteiger partial charge on any atom is -0.352 e. The van der Waals surface area contributed by atoms with Gasteiger partial charge in [0.05, 0.1) is 0 Å². The number of nitrogens with one attached hydrogen (secondary N) is 1. The number of carbonyl (C=O) groups excluding carboxylic acids is 1. The predicted octanol–water partition coefficient (Wildman–Crippen LogP) is 1.81. The fourth-order valence-corrected chi connectivity index (χ4v) is 1.49. The summed E-state index contributed by atoms with van der Waals surface area (Å²) in [5.41, 5.74) is 1.13. The minimum absolute atomic E-state index is 0.0877. The molecule has 3 nitrogen and oxygen atoms in total. The van der Waals surface area contributed by atoms with Crippen molar-refractivity contribution in [3.63, 3.8) is 0 Å². The molecule has 1 N–H and O–H groups in total. The lowest BCUT2D eigenvalue weighted by atomic mass is 10.2. The van der Waals surface area contributed by atoms with Crippen LogP contribution in [-0.4, -0.2) is 30.9 Å². The van der Waals surface area contributed by atoms with E-state index in [2.05, 4.69) is 16.8 Å². The fraction of sp³-hybridized carbons (Fsp3) is 0.357. The summed E-state index contributed by atoms with van der Waals surface area (Å²) in [5, 5.41) is 2.90. The van der Waals surface area contributed by atoms with E-state index in [0.717, 1.165) is 18.7 Å². The van der Waals surface area contributed by atoms with Crippen molar-refractivity contribution in [2.24, 2.45) is 0 Å². The van der Waals surface area contributed by atoms with Gasteiger partial charge in [-0.15, -0.1) is 6.58 Å². The van der Waals surface area contributed by atoms with Gasteiger partial charge in [0.25, 0.3) is 0 Å². The number of hydrogen-bond acceptors (Lipinski definition) is 2. The number of rotatable bonds is 7. The highest BCUT2D eigenvalue weighted by Gasteiger charge is 2.03. The van der Waals surface area contributed by atoms with Crippen LogP contribution in [0.5, 0.6) is 0 Å². The Morgan fingerprint density at radius 1 is 1.41 bits per heavy atom. The van der Waals surface area contributed by atoms with Crippen molar-refractivity contribution in [3.05, 3.63) is 48.6 Å². The quantitative estimate of drug-likeness (QED) is 0.727. The third-order valence-corrected chi connectivity index (χ3v) is 2.49. The first-order valence-electron chi connectivity index (χ1n) is 5.82. The normalized spacial score (nSPS) is 10.2. The van der Waals surface area contributed by atoms with Gasteiger partial charge in [-0.1, -0.05) is 36.4 Å². The molecule has 0 fully saturated rings. The predicted molar refractivity (Wildman–Crippen MR) is 70.6 cm³/mol. The van der Waals surface area contributed by atoms with Crippen LogP contribution in [0.2, 0.25) is 0 Å². The lowest BCUT2D eigenvalue weighted by molar-refractivity contribution is -0.121. The number of carbonyl (C=O) groups is 1. The largest absolute Gasteiger partial charge is 0.352 e. The summed E-state index contributed by atoms with van der Waals surface area (Å²) in [5.74, 6) is 0.0877. The maximum atomic E-state index is 11.6. The summed E-state index contributed by atoms with van der Waals surface area (Å²) in [6.07, 6.45) is 2.36. The van der Waals surface area contributed by atoms with E-state index in [9.17, 15) is 4.79 Å². The number of benzene rings is 1. The Hall–Kier alpha value is -1.61. The third kappa shape index (κ3) is 5.88. The van der Waals surface area contributed by atoms with Gasteiger partial charge in [-0.2, -0.15) is 0 Å². The van der Waals surface area contributed by atoms with Crippen molar-refractivity contribution in [1.82, 2.24) is 10.2 Å². The number of amides is 1. The van der Waals surface area contributed by atoms with Gasteiger partial charge in [0, 0.05) is 26.1 Å². The first-order valence-corrected chi connectivity index (χ1v) is 5.82. The molecule has 0 aliphatic heterocycles. The molecule has 0 aromatic heterocycles. The maximum Gasteiger partial charge on any atom is 0.221 e.